The van der Waals surface area contributed by atoms with Crippen molar-refractivity contribution in [3.8, 4) is 0 Å². The summed E-state index contributed by atoms with van der Waals surface area (Å²) in [5, 5.41) is -0.406. The second-order valence-electron chi connectivity index (χ2n) is 8.15. The summed E-state index contributed by atoms with van der Waals surface area (Å²) in [6.07, 6.45) is 4.12. The lowest BCUT2D eigenvalue weighted by molar-refractivity contribution is -0.134. The van der Waals surface area contributed by atoms with Crippen LogP contribution in [-0.4, -0.2) is 37.8 Å². The van der Waals surface area contributed by atoms with Gasteiger partial charge >= 0.3 is 6.09 Å². The van der Waals surface area contributed by atoms with Gasteiger partial charge in [-0.3, -0.25) is 9.69 Å². The molecule has 2 aliphatic carbocycles. The molecule has 0 unspecified atom stereocenters. The number of amides is 2. The predicted octanol–water partition coefficient (Wildman–Crippen LogP) is 4.50. The van der Waals surface area contributed by atoms with Gasteiger partial charge in [-0.05, 0) is 35.7 Å². The van der Waals surface area contributed by atoms with Crippen molar-refractivity contribution in [2.45, 2.75) is 30.5 Å². The zero-order valence-corrected chi connectivity index (χ0v) is 18.3. The average Bonchev–Trinajstić information content (AvgIpc) is 3.44. The molecule has 2 bridgehead atoms. The van der Waals surface area contributed by atoms with Gasteiger partial charge in [-0.2, -0.15) is 0 Å². The van der Waals surface area contributed by atoms with Crippen LogP contribution in [0.4, 0.5) is 4.79 Å². The highest BCUT2D eigenvalue weighted by Crippen LogP contribution is 2.55. The van der Waals surface area contributed by atoms with Crippen molar-refractivity contribution in [3.05, 3.63) is 83.9 Å². The van der Waals surface area contributed by atoms with Crippen LogP contribution in [0.5, 0.6) is 0 Å². The third kappa shape index (κ3) is 3.08. The Balaban J connectivity index is 1.48. The highest BCUT2D eigenvalue weighted by Gasteiger charge is 2.71. The average molecular weight is 453 g/mol. The molecule has 31 heavy (non-hydrogen) atoms. The molecule has 3 aliphatic rings. The summed E-state index contributed by atoms with van der Waals surface area (Å²) in [7, 11) is 0. The van der Waals surface area contributed by atoms with Crippen LogP contribution in [0.3, 0.4) is 0 Å². The molecular weight excluding hydrogens is 432 g/mol. The maximum Gasteiger partial charge on any atom is 0.417 e. The van der Waals surface area contributed by atoms with E-state index in [1.54, 1.807) is 0 Å². The standard InChI is InChI=1S/C24H21ClN2O3S/c25-20-18-11-12-19(13-18)24(20)21(28)26(14-16-7-3-1-4-8-16)22(31)27(24)23(29)30-15-17-9-5-2-6-10-17/h1-12,18-20H,13-15H2/t18-,19+,20-,24+/m0/s1. The summed E-state index contributed by atoms with van der Waals surface area (Å²) >= 11 is 12.5. The molecule has 5 rings (SSSR count). The first kappa shape index (κ1) is 20.2. The molecule has 0 radical (unpaired) electrons. The molecule has 2 aromatic carbocycles. The van der Waals surface area contributed by atoms with E-state index in [1.807, 2.05) is 72.8 Å². The summed E-state index contributed by atoms with van der Waals surface area (Å²) in [6, 6.07) is 19.0. The van der Waals surface area contributed by atoms with Gasteiger partial charge < -0.3 is 4.74 Å². The van der Waals surface area contributed by atoms with Gasteiger partial charge in [-0.25, -0.2) is 9.69 Å². The van der Waals surface area contributed by atoms with E-state index in [4.69, 9.17) is 28.6 Å². The van der Waals surface area contributed by atoms with Crippen molar-refractivity contribution >= 4 is 40.9 Å². The number of hydrogen-bond donors (Lipinski definition) is 0. The third-order valence-corrected chi connectivity index (χ3v) is 7.49. The third-order valence-electron chi connectivity index (χ3n) is 6.43. The molecule has 1 saturated heterocycles. The first-order valence-electron chi connectivity index (χ1n) is 10.3. The molecule has 1 saturated carbocycles. The van der Waals surface area contributed by atoms with Crippen LogP contribution in [0.15, 0.2) is 72.8 Å². The zero-order valence-electron chi connectivity index (χ0n) is 16.7. The Hall–Kier alpha value is -2.70. The van der Waals surface area contributed by atoms with Gasteiger partial charge in [-0.1, -0.05) is 72.8 Å². The van der Waals surface area contributed by atoms with Crippen molar-refractivity contribution in [2.75, 3.05) is 0 Å². The number of hydrogen-bond acceptors (Lipinski definition) is 4. The quantitative estimate of drug-likeness (QED) is 0.389. The van der Waals surface area contributed by atoms with Crippen LogP contribution in [0, 0.1) is 11.8 Å². The van der Waals surface area contributed by atoms with Crippen LogP contribution in [0.2, 0.25) is 0 Å². The molecule has 2 amide bonds. The van der Waals surface area contributed by atoms with Crippen molar-refractivity contribution in [2.24, 2.45) is 11.8 Å². The van der Waals surface area contributed by atoms with E-state index in [0.29, 0.717) is 0 Å². The van der Waals surface area contributed by atoms with E-state index >= 15 is 0 Å². The predicted molar refractivity (Wildman–Crippen MR) is 121 cm³/mol. The molecule has 1 aliphatic heterocycles. The van der Waals surface area contributed by atoms with E-state index in [-0.39, 0.29) is 36.0 Å². The minimum absolute atomic E-state index is 0.0273. The minimum atomic E-state index is -1.24. The van der Waals surface area contributed by atoms with Crippen molar-refractivity contribution in [3.63, 3.8) is 0 Å². The lowest BCUT2D eigenvalue weighted by atomic mass is 9.82. The highest BCUT2D eigenvalue weighted by molar-refractivity contribution is 7.80. The zero-order chi connectivity index (χ0) is 21.6. The van der Waals surface area contributed by atoms with Crippen LogP contribution in [0.25, 0.3) is 0 Å². The van der Waals surface area contributed by atoms with E-state index < -0.39 is 17.0 Å². The topological polar surface area (TPSA) is 49.9 Å². The van der Waals surface area contributed by atoms with Gasteiger partial charge in [0.25, 0.3) is 5.91 Å². The molecule has 2 fully saturated rings. The van der Waals surface area contributed by atoms with Gasteiger partial charge in [0.1, 0.15) is 6.61 Å². The molecule has 4 atom stereocenters. The Labute approximate surface area is 191 Å². The molecule has 2 aromatic rings. The summed E-state index contributed by atoms with van der Waals surface area (Å²) in [4.78, 5) is 30.0. The number of fused-ring (bicyclic) bond motifs is 3. The fourth-order valence-electron chi connectivity index (χ4n) is 4.96. The summed E-state index contributed by atoms with van der Waals surface area (Å²) in [5.41, 5.74) is 0.552. The Morgan fingerprint density at radius 3 is 2.32 bits per heavy atom. The van der Waals surface area contributed by atoms with Crippen molar-refractivity contribution in [1.29, 1.82) is 0 Å². The minimum Gasteiger partial charge on any atom is -0.444 e. The number of thiocarbonyl (C=S) groups is 1. The lowest BCUT2D eigenvalue weighted by Gasteiger charge is -2.38. The summed E-state index contributed by atoms with van der Waals surface area (Å²) in [5.74, 6) is -0.384. The number of benzene rings is 2. The maximum atomic E-state index is 13.8. The van der Waals surface area contributed by atoms with E-state index in [9.17, 15) is 9.59 Å². The van der Waals surface area contributed by atoms with Crippen LogP contribution in [-0.2, 0) is 22.7 Å². The monoisotopic (exact) mass is 452 g/mol. The van der Waals surface area contributed by atoms with Gasteiger partial charge in [0, 0.05) is 5.92 Å². The Kier molecular flexibility index (Phi) is 5.07. The first-order valence-corrected chi connectivity index (χ1v) is 11.1. The van der Waals surface area contributed by atoms with Crippen LogP contribution >= 0.6 is 23.8 Å². The number of ether oxygens (including phenoxy) is 1. The van der Waals surface area contributed by atoms with Crippen LogP contribution < -0.4 is 0 Å². The van der Waals surface area contributed by atoms with Crippen molar-refractivity contribution in [1.82, 2.24) is 9.80 Å². The molecule has 7 heteroatoms. The number of allylic oxidation sites excluding steroid dienone is 1. The second-order valence-corrected chi connectivity index (χ2v) is 8.99. The van der Waals surface area contributed by atoms with E-state index in [1.165, 1.54) is 9.80 Å². The number of rotatable bonds is 4. The largest absolute Gasteiger partial charge is 0.444 e. The molecule has 0 N–H and O–H groups in total. The van der Waals surface area contributed by atoms with Gasteiger partial charge in [0.2, 0.25) is 0 Å². The summed E-state index contributed by atoms with van der Waals surface area (Å²) < 4.78 is 5.61. The number of carbonyl (C=O) groups excluding carboxylic acids is 2. The van der Waals surface area contributed by atoms with E-state index in [0.717, 1.165) is 17.5 Å². The van der Waals surface area contributed by atoms with Gasteiger partial charge in [0.05, 0.1) is 11.9 Å². The highest BCUT2D eigenvalue weighted by atomic mass is 35.5. The smallest absolute Gasteiger partial charge is 0.417 e. The number of alkyl halides is 1. The van der Waals surface area contributed by atoms with Crippen molar-refractivity contribution < 1.29 is 14.3 Å². The molecule has 5 nitrogen and oxygen atoms in total. The summed E-state index contributed by atoms with van der Waals surface area (Å²) in [6.45, 7) is 0.381. The number of nitrogens with zero attached hydrogens (tertiary/aromatic N) is 2. The second kappa shape index (κ2) is 7.77. The first-order chi connectivity index (χ1) is 15.0. The Morgan fingerprint density at radius 1 is 1.06 bits per heavy atom. The fourth-order valence-corrected chi connectivity index (χ4v) is 5.88. The normalized spacial score (nSPS) is 28.7. The Morgan fingerprint density at radius 2 is 1.71 bits per heavy atom. The fraction of sp³-hybridized carbons (Fsp3) is 0.292. The Bertz CT molecular complexity index is 1060. The number of carbonyl (C=O) groups is 2. The van der Waals surface area contributed by atoms with Gasteiger partial charge in [-0.15, -0.1) is 11.6 Å². The van der Waals surface area contributed by atoms with Gasteiger partial charge in [0.15, 0.2) is 10.7 Å². The molecule has 1 spiro atoms. The lowest BCUT2D eigenvalue weighted by Crippen LogP contribution is -2.60. The molecular formula is C24H21ClN2O3S. The molecule has 158 valence electrons. The number of halogens is 1. The van der Waals surface area contributed by atoms with Crippen LogP contribution in [0.1, 0.15) is 17.5 Å². The SMILES string of the molecule is O=C(OCc1ccccc1)N1C(=S)N(Cc2ccccc2)C(=O)[C@]12[C@@H]1C=C[C@@H](C1)[C@@H]2Cl. The molecule has 1 heterocycles. The molecule has 0 aromatic heterocycles. The van der Waals surface area contributed by atoms with E-state index in [2.05, 4.69) is 0 Å². The maximum absolute atomic E-state index is 13.8.